The molecule has 0 bridgehead atoms. The summed E-state index contributed by atoms with van der Waals surface area (Å²) < 4.78 is 27.5. The van der Waals surface area contributed by atoms with Gasteiger partial charge in [0, 0.05) is 0 Å². The molecule has 0 radical (unpaired) electrons. The van der Waals surface area contributed by atoms with Gasteiger partial charge >= 0.3 is 5.97 Å². The lowest BCUT2D eigenvalue weighted by atomic mass is 10.4. The van der Waals surface area contributed by atoms with Crippen molar-refractivity contribution in [1.82, 2.24) is 14.5 Å². The number of carbonyl (C=O) groups is 1. The predicted molar refractivity (Wildman–Crippen MR) is 67.6 cm³/mol. The molecule has 9 nitrogen and oxygen atoms in total. The molecule has 0 amide bonds. The first kappa shape index (κ1) is 16.6. The highest BCUT2D eigenvalue weighted by Gasteiger charge is 2.27. The first-order valence-electron chi connectivity index (χ1n) is 5.72. The molecule has 1 aromatic rings. The predicted octanol–water partition coefficient (Wildman–Crippen LogP) is -1.78. The average molecular weight is 307 g/mol. The van der Waals surface area contributed by atoms with E-state index in [1.54, 1.807) is 0 Å². The average Bonchev–Trinajstić information content (AvgIpc) is 2.61. The number of aromatic nitrogens is 2. The van der Waals surface area contributed by atoms with E-state index < -0.39 is 41.8 Å². The molecule has 20 heavy (non-hydrogen) atoms. The highest BCUT2D eigenvalue weighted by molar-refractivity contribution is 7.89. The number of nitrogens with one attached hydrogen (secondary N) is 1. The monoisotopic (exact) mass is 307 g/mol. The Balaban J connectivity index is 3.18. The van der Waals surface area contributed by atoms with E-state index in [0.717, 1.165) is 4.68 Å². The molecule has 0 fully saturated rings. The normalized spacial score (nSPS) is 12.1. The summed E-state index contributed by atoms with van der Waals surface area (Å²) in [5, 5.41) is 30.4. The Morgan fingerprint density at radius 2 is 1.90 bits per heavy atom. The maximum absolute atomic E-state index is 12.2. The number of aliphatic hydroxyl groups is 2. The number of rotatable bonds is 7. The number of sulfonamides is 1. The van der Waals surface area contributed by atoms with Crippen LogP contribution in [-0.4, -0.2) is 58.7 Å². The largest absolute Gasteiger partial charge is 0.480 e. The topological polar surface area (TPSA) is 142 Å². The Kier molecular flexibility index (Phi) is 5.22. The molecule has 1 heterocycles. The fourth-order valence-electron chi connectivity index (χ4n) is 1.76. The smallest absolute Gasteiger partial charge is 0.325 e. The van der Waals surface area contributed by atoms with E-state index in [0.29, 0.717) is 0 Å². The molecule has 1 aromatic heterocycles. The molecule has 0 aliphatic carbocycles. The van der Waals surface area contributed by atoms with Gasteiger partial charge in [0.1, 0.15) is 11.4 Å². The molecule has 10 heteroatoms. The van der Waals surface area contributed by atoms with Crippen LogP contribution in [0.1, 0.15) is 11.4 Å². The van der Waals surface area contributed by atoms with Crippen molar-refractivity contribution < 1.29 is 28.5 Å². The number of aliphatic carboxylic acids is 1. The van der Waals surface area contributed by atoms with Crippen molar-refractivity contribution in [2.45, 2.75) is 31.3 Å². The van der Waals surface area contributed by atoms with Crippen LogP contribution in [0.4, 0.5) is 0 Å². The first-order valence-corrected chi connectivity index (χ1v) is 7.21. The molecule has 114 valence electrons. The first-order chi connectivity index (χ1) is 9.22. The Morgan fingerprint density at radius 3 is 2.35 bits per heavy atom. The molecule has 0 aromatic carbocycles. The van der Waals surface area contributed by atoms with Gasteiger partial charge in [0.25, 0.3) is 0 Å². The van der Waals surface area contributed by atoms with Crippen molar-refractivity contribution in [2.75, 3.05) is 13.2 Å². The van der Waals surface area contributed by atoms with Crippen LogP contribution in [-0.2, 0) is 21.4 Å². The van der Waals surface area contributed by atoms with E-state index in [1.165, 1.54) is 13.8 Å². The Bertz CT molecular complexity index is 590. The van der Waals surface area contributed by atoms with Gasteiger partial charge < -0.3 is 15.3 Å². The third kappa shape index (κ3) is 3.54. The standard InChI is InChI=1S/C10H17N3O6S/c1-6-10(7(2)13(11-6)3-9(16)17)20(18,19)12-8(4-14)5-15/h8,12,14-15H,3-5H2,1-2H3,(H,16,17). The van der Waals surface area contributed by atoms with E-state index in [2.05, 4.69) is 9.82 Å². The van der Waals surface area contributed by atoms with Crippen LogP contribution >= 0.6 is 0 Å². The van der Waals surface area contributed by atoms with Gasteiger partial charge in [-0.05, 0) is 13.8 Å². The maximum atomic E-state index is 12.2. The molecule has 0 saturated carbocycles. The summed E-state index contributed by atoms with van der Waals surface area (Å²) in [5.41, 5.74) is 0.318. The number of hydrogen-bond acceptors (Lipinski definition) is 6. The van der Waals surface area contributed by atoms with Crippen molar-refractivity contribution in [3.8, 4) is 0 Å². The highest BCUT2D eigenvalue weighted by atomic mass is 32.2. The van der Waals surface area contributed by atoms with Gasteiger partial charge in [-0.3, -0.25) is 9.48 Å². The number of aliphatic hydroxyl groups excluding tert-OH is 2. The van der Waals surface area contributed by atoms with Gasteiger partial charge in [-0.25, -0.2) is 13.1 Å². The van der Waals surface area contributed by atoms with Crippen LogP contribution < -0.4 is 4.72 Å². The second-order valence-electron chi connectivity index (χ2n) is 4.23. The SMILES string of the molecule is Cc1nn(CC(=O)O)c(C)c1S(=O)(=O)NC(CO)CO. The zero-order valence-corrected chi connectivity index (χ0v) is 11.9. The number of carboxylic acid groups (broad SMARTS) is 1. The zero-order chi connectivity index (χ0) is 15.5. The van der Waals surface area contributed by atoms with Crippen molar-refractivity contribution in [1.29, 1.82) is 0 Å². The summed E-state index contributed by atoms with van der Waals surface area (Å²) in [5.74, 6) is -1.14. The van der Waals surface area contributed by atoms with Gasteiger partial charge in [0.05, 0.1) is 30.6 Å². The van der Waals surface area contributed by atoms with E-state index in [1.807, 2.05) is 0 Å². The minimum absolute atomic E-state index is 0.144. The van der Waals surface area contributed by atoms with Crippen LogP contribution in [0.5, 0.6) is 0 Å². The number of carboxylic acids is 1. The van der Waals surface area contributed by atoms with E-state index in [9.17, 15) is 13.2 Å². The van der Waals surface area contributed by atoms with Crippen molar-refractivity contribution in [2.24, 2.45) is 0 Å². The van der Waals surface area contributed by atoms with E-state index in [4.69, 9.17) is 15.3 Å². The maximum Gasteiger partial charge on any atom is 0.325 e. The van der Waals surface area contributed by atoms with Crippen LogP contribution in [0.2, 0.25) is 0 Å². The molecule has 0 aliphatic rings. The summed E-state index contributed by atoms with van der Waals surface area (Å²) in [6, 6.07) is -1.03. The quantitative estimate of drug-likeness (QED) is 0.466. The van der Waals surface area contributed by atoms with Crippen molar-refractivity contribution >= 4 is 16.0 Å². The summed E-state index contributed by atoms with van der Waals surface area (Å²) in [7, 11) is -4.01. The van der Waals surface area contributed by atoms with Crippen LogP contribution in [0.25, 0.3) is 0 Å². The number of nitrogens with zero attached hydrogens (tertiary/aromatic N) is 2. The Hall–Kier alpha value is -1.49. The fraction of sp³-hybridized carbons (Fsp3) is 0.600. The highest BCUT2D eigenvalue weighted by Crippen LogP contribution is 2.19. The Labute approximate surface area is 115 Å². The molecule has 1 rings (SSSR count). The molecule has 0 saturated heterocycles. The van der Waals surface area contributed by atoms with Crippen molar-refractivity contribution in [3.63, 3.8) is 0 Å². The lowest BCUT2D eigenvalue weighted by Gasteiger charge is -2.13. The summed E-state index contributed by atoms with van der Waals surface area (Å²) in [4.78, 5) is 10.5. The van der Waals surface area contributed by atoms with Crippen LogP contribution in [0.15, 0.2) is 4.90 Å². The molecule has 0 unspecified atom stereocenters. The van der Waals surface area contributed by atoms with Gasteiger partial charge in [-0.2, -0.15) is 5.10 Å². The molecule has 0 spiro atoms. The van der Waals surface area contributed by atoms with E-state index >= 15 is 0 Å². The molecule has 0 aliphatic heterocycles. The molecular formula is C10H17N3O6S. The summed E-state index contributed by atoms with van der Waals surface area (Å²) in [6.07, 6.45) is 0. The minimum atomic E-state index is -4.01. The second kappa shape index (κ2) is 6.31. The lowest BCUT2D eigenvalue weighted by molar-refractivity contribution is -0.137. The van der Waals surface area contributed by atoms with Gasteiger partial charge in [0.2, 0.25) is 10.0 Å². The number of hydrogen-bond donors (Lipinski definition) is 4. The van der Waals surface area contributed by atoms with Gasteiger partial charge in [-0.1, -0.05) is 0 Å². The zero-order valence-electron chi connectivity index (χ0n) is 11.1. The third-order valence-corrected chi connectivity index (χ3v) is 4.40. The fourth-order valence-corrected chi connectivity index (χ4v) is 3.39. The molecular weight excluding hydrogens is 290 g/mol. The Morgan fingerprint density at radius 1 is 1.35 bits per heavy atom. The van der Waals surface area contributed by atoms with E-state index in [-0.39, 0.29) is 16.3 Å². The third-order valence-electron chi connectivity index (χ3n) is 2.63. The lowest BCUT2D eigenvalue weighted by Crippen LogP contribution is -2.40. The summed E-state index contributed by atoms with van der Waals surface area (Å²) in [6.45, 7) is 1.30. The van der Waals surface area contributed by atoms with Crippen LogP contribution in [0, 0.1) is 13.8 Å². The second-order valence-corrected chi connectivity index (χ2v) is 5.89. The molecule has 4 N–H and O–H groups in total. The van der Waals surface area contributed by atoms with Gasteiger partial charge in [0.15, 0.2) is 0 Å². The van der Waals surface area contributed by atoms with Crippen molar-refractivity contribution in [3.05, 3.63) is 11.4 Å². The van der Waals surface area contributed by atoms with Crippen LogP contribution in [0.3, 0.4) is 0 Å². The minimum Gasteiger partial charge on any atom is -0.480 e. The molecule has 0 atom stereocenters. The van der Waals surface area contributed by atoms with Gasteiger partial charge in [-0.15, -0.1) is 0 Å². The summed E-state index contributed by atoms with van der Waals surface area (Å²) >= 11 is 0. The number of aryl methyl sites for hydroxylation is 1.